The minimum absolute atomic E-state index is 0.208. The molecule has 0 N–H and O–H groups in total. The van der Waals surface area contributed by atoms with Crippen LogP contribution in [-0.4, -0.2) is 16.9 Å². The van der Waals surface area contributed by atoms with E-state index in [0.29, 0.717) is 5.92 Å². The van der Waals surface area contributed by atoms with Gasteiger partial charge in [0.05, 0.1) is 0 Å². The highest BCUT2D eigenvalue weighted by molar-refractivity contribution is 6.27. The van der Waals surface area contributed by atoms with Crippen LogP contribution in [0.4, 0.5) is 0 Å². The number of allylic oxidation sites excluding steroid dienone is 2. The first-order valence-electron chi connectivity index (χ1n) is 3.43. The van der Waals surface area contributed by atoms with E-state index in [1.807, 2.05) is 0 Å². The van der Waals surface area contributed by atoms with Crippen molar-refractivity contribution >= 4 is 9.76 Å². The molecule has 0 aromatic rings. The van der Waals surface area contributed by atoms with E-state index in [4.69, 9.17) is 4.43 Å². The molecule has 0 fully saturated rings. The van der Waals surface area contributed by atoms with Gasteiger partial charge in [0.2, 0.25) is 0 Å². The van der Waals surface area contributed by atoms with E-state index in [2.05, 4.69) is 26.0 Å². The molecule has 0 atom stereocenters. The van der Waals surface area contributed by atoms with E-state index in [1.165, 1.54) is 6.04 Å². The second-order valence-electron chi connectivity index (χ2n) is 2.45. The second-order valence-corrected chi connectivity index (χ2v) is 4.02. The van der Waals surface area contributed by atoms with Crippen molar-refractivity contribution in [1.82, 2.24) is 0 Å². The van der Waals surface area contributed by atoms with Gasteiger partial charge in [-0.05, 0) is 12.0 Å². The Hall–Kier alpha value is -0.0831. The zero-order chi connectivity index (χ0) is 7.11. The fraction of sp³-hybridized carbons (Fsp3) is 0.714. The fourth-order valence-corrected chi connectivity index (χ4v) is 1.12. The van der Waals surface area contributed by atoms with Crippen LogP contribution < -0.4 is 0 Å². The van der Waals surface area contributed by atoms with Crippen molar-refractivity contribution in [1.29, 1.82) is 0 Å². The average Bonchev–Trinajstić information content (AvgIpc) is 1.80. The lowest BCUT2D eigenvalue weighted by atomic mass is 10.2. The van der Waals surface area contributed by atoms with Gasteiger partial charge < -0.3 is 4.43 Å². The van der Waals surface area contributed by atoms with Crippen molar-refractivity contribution in [3.63, 3.8) is 0 Å². The largest absolute Gasteiger partial charge is 0.427 e. The van der Waals surface area contributed by atoms with Crippen molar-refractivity contribution < 1.29 is 4.43 Å². The molecule has 0 amide bonds. The van der Waals surface area contributed by atoms with Gasteiger partial charge in [-0.3, -0.25) is 0 Å². The minimum Gasteiger partial charge on any atom is -0.427 e. The van der Waals surface area contributed by atoms with Crippen LogP contribution in [0, 0.1) is 5.92 Å². The summed E-state index contributed by atoms with van der Waals surface area (Å²) in [6, 6.07) is 1.18. The van der Waals surface area contributed by atoms with Gasteiger partial charge in [-0.2, -0.15) is 0 Å². The highest BCUT2D eigenvalue weighted by Crippen LogP contribution is 1.94. The molecule has 0 bridgehead atoms. The summed E-state index contributed by atoms with van der Waals surface area (Å²) < 4.78 is 5.01. The molecule has 0 aliphatic rings. The van der Waals surface area contributed by atoms with Crippen molar-refractivity contribution in [2.75, 3.05) is 7.11 Å². The van der Waals surface area contributed by atoms with Crippen LogP contribution >= 0.6 is 0 Å². The lowest BCUT2D eigenvalue weighted by Gasteiger charge is -1.92. The monoisotopic (exact) mass is 144 g/mol. The maximum atomic E-state index is 5.01. The molecule has 2 heteroatoms. The van der Waals surface area contributed by atoms with Gasteiger partial charge in [-0.25, -0.2) is 0 Å². The summed E-state index contributed by atoms with van der Waals surface area (Å²) in [5.74, 6) is 0.691. The summed E-state index contributed by atoms with van der Waals surface area (Å²) in [5, 5.41) is 0. The number of hydrogen-bond donors (Lipinski definition) is 0. The smallest absolute Gasteiger partial charge is 0.164 e. The molecular weight excluding hydrogens is 128 g/mol. The predicted octanol–water partition coefficient (Wildman–Crippen LogP) is 1.35. The minimum atomic E-state index is -0.208. The van der Waals surface area contributed by atoms with Gasteiger partial charge in [-0.15, -0.1) is 0 Å². The lowest BCUT2D eigenvalue weighted by molar-refractivity contribution is 0.443. The van der Waals surface area contributed by atoms with E-state index in [1.54, 1.807) is 7.11 Å². The molecule has 0 rings (SSSR count). The third kappa shape index (κ3) is 7.92. The van der Waals surface area contributed by atoms with Crippen LogP contribution in [0.3, 0.4) is 0 Å². The normalized spacial score (nSPS) is 12.9. The van der Waals surface area contributed by atoms with Gasteiger partial charge in [0.15, 0.2) is 9.76 Å². The average molecular weight is 144 g/mol. The summed E-state index contributed by atoms with van der Waals surface area (Å²) in [7, 11) is 1.58. The maximum Gasteiger partial charge on any atom is 0.164 e. The molecule has 0 aromatic carbocycles. The van der Waals surface area contributed by atoms with Crippen LogP contribution in [0.5, 0.6) is 0 Å². The van der Waals surface area contributed by atoms with Crippen molar-refractivity contribution in [2.24, 2.45) is 5.92 Å². The van der Waals surface area contributed by atoms with Gasteiger partial charge >= 0.3 is 0 Å². The van der Waals surface area contributed by atoms with E-state index in [9.17, 15) is 0 Å². The first kappa shape index (κ1) is 8.92. The summed E-state index contributed by atoms with van der Waals surface area (Å²) in [6.45, 7) is 4.37. The standard InChI is InChI=1S/C7H16OSi/c1-7(2)5-4-6-9-8-3/h4-5,7H,6,9H2,1-3H3. The Balaban J connectivity index is 3.04. The van der Waals surface area contributed by atoms with E-state index in [0.717, 1.165) is 0 Å². The molecule has 54 valence electrons. The Labute approximate surface area is 60.1 Å². The zero-order valence-electron chi connectivity index (χ0n) is 6.55. The van der Waals surface area contributed by atoms with Crippen LogP contribution in [0.2, 0.25) is 6.04 Å². The van der Waals surface area contributed by atoms with Crippen LogP contribution in [0.1, 0.15) is 13.8 Å². The third-order valence-corrected chi connectivity index (χ3v) is 1.99. The van der Waals surface area contributed by atoms with Crippen LogP contribution in [-0.2, 0) is 4.43 Å². The predicted molar refractivity (Wildman–Crippen MR) is 44.3 cm³/mol. The molecule has 0 unspecified atom stereocenters. The second kappa shape index (κ2) is 6.04. The Morgan fingerprint density at radius 1 is 1.56 bits per heavy atom. The van der Waals surface area contributed by atoms with Crippen molar-refractivity contribution in [3.05, 3.63) is 12.2 Å². The van der Waals surface area contributed by atoms with Gasteiger partial charge in [0, 0.05) is 7.11 Å². The third-order valence-electron chi connectivity index (χ3n) is 1.01. The molecule has 0 saturated heterocycles. The summed E-state index contributed by atoms with van der Waals surface area (Å²) >= 11 is 0. The van der Waals surface area contributed by atoms with Crippen molar-refractivity contribution in [2.45, 2.75) is 19.9 Å². The van der Waals surface area contributed by atoms with E-state index >= 15 is 0 Å². The summed E-state index contributed by atoms with van der Waals surface area (Å²) in [4.78, 5) is 0. The van der Waals surface area contributed by atoms with Crippen LogP contribution in [0.25, 0.3) is 0 Å². The Morgan fingerprint density at radius 3 is 2.67 bits per heavy atom. The van der Waals surface area contributed by atoms with E-state index in [-0.39, 0.29) is 9.76 Å². The molecular formula is C7H16OSi. The highest BCUT2D eigenvalue weighted by atomic mass is 28.2. The molecule has 0 aromatic heterocycles. The van der Waals surface area contributed by atoms with Crippen molar-refractivity contribution in [3.8, 4) is 0 Å². The molecule has 9 heavy (non-hydrogen) atoms. The van der Waals surface area contributed by atoms with Crippen LogP contribution in [0.15, 0.2) is 12.2 Å². The first-order chi connectivity index (χ1) is 4.27. The lowest BCUT2D eigenvalue weighted by Crippen LogP contribution is -1.89. The molecule has 0 spiro atoms. The summed E-state index contributed by atoms with van der Waals surface area (Å²) in [5.41, 5.74) is 0. The highest BCUT2D eigenvalue weighted by Gasteiger charge is 1.82. The van der Waals surface area contributed by atoms with E-state index < -0.39 is 0 Å². The Kier molecular flexibility index (Phi) is 5.99. The van der Waals surface area contributed by atoms with Gasteiger partial charge in [0.25, 0.3) is 0 Å². The molecule has 0 aliphatic heterocycles. The molecule has 0 aliphatic carbocycles. The molecule has 0 saturated carbocycles. The SMILES string of the molecule is CO[SiH2]CC=CC(C)C. The first-order valence-corrected chi connectivity index (χ1v) is 5.00. The number of rotatable bonds is 4. The zero-order valence-corrected chi connectivity index (χ0v) is 7.97. The quantitative estimate of drug-likeness (QED) is 0.329. The van der Waals surface area contributed by atoms with Gasteiger partial charge in [-0.1, -0.05) is 26.0 Å². The Bertz CT molecular complexity index is 79.0. The molecule has 0 heterocycles. The maximum absolute atomic E-state index is 5.01. The number of hydrogen-bond acceptors (Lipinski definition) is 1. The Morgan fingerprint density at radius 2 is 2.22 bits per heavy atom. The molecule has 0 radical (unpaired) electrons. The van der Waals surface area contributed by atoms with Gasteiger partial charge in [0.1, 0.15) is 0 Å². The topological polar surface area (TPSA) is 9.23 Å². The summed E-state index contributed by atoms with van der Waals surface area (Å²) in [6.07, 6.45) is 4.45. The molecule has 1 nitrogen and oxygen atoms in total. The fourth-order valence-electron chi connectivity index (χ4n) is 0.554.